The average Bonchev–Trinajstić information content (AvgIpc) is 3.83. The highest BCUT2D eigenvalue weighted by Gasteiger charge is 2.35. The normalized spacial score (nSPS) is 12.8. The molecule has 0 unspecified atom stereocenters. The Morgan fingerprint density at radius 3 is 1.89 bits per heavy atom. The summed E-state index contributed by atoms with van der Waals surface area (Å²) in [7, 11) is 0. The number of aromatic nitrogens is 2. The summed E-state index contributed by atoms with van der Waals surface area (Å²) >= 11 is 0. The lowest BCUT2D eigenvalue weighted by molar-refractivity contribution is 0.660. The molecule has 0 radical (unpaired) electrons. The van der Waals surface area contributed by atoms with Gasteiger partial charge in [0.2, 0.25) is 0 Å². The zero-order chi connectivity index (χ0) is 41.4. The number of hydrogen-bond acceptors (Lipinski definition) is 3. The van der Waals surface area contributed by atoms with E-state index in [4.69, 9.17) is 14.4 Å². The van der Waals surface area contributed by atoms with Gasteiger partial charge in [-0.05, 0) is 103 Å². The summed E-state index contributed by atoms with van der Waals surface area (Å²) in [5, 5.41) is 4.62. The van der Waals surface area contributed by atoms with E-state index in [9.17, 15) is 0 Å². The summed E-state index contributed by atoms with van der Waals surface area (Å²) in [6.07, 6.45) is 0. The predicted molar refractivity (Wildman–Crippen MR) is 257 cm³/mol. The third-order valence-electron chi connectivity index (χ3n) is 12.9. The molecule has 0 amide bonds. The van der Waals surface area contributed by atoms with Crippen LogP contribution in [0.25, 0.3) is 111 Å². The van der Waals surface area contributed by atoms with Crippen LogP contribution in [0, 0.1) is 0 Å². The first kappa shape index (κ1) is 36.0. The van der Waals surface area contributed by atoms with Crippen molar-refractivity contribution in [3.63, 3.8) is 0 Å². The van der Waals surface area contributed by atoms with Gasteiger partial charge in [-0.3, -0.25) is 0 Å². The summed E-state index contributed by atoms with van der Waals surface area (Å²) in [6, 6.07) is 73.8. The Balaban J connectivity index is 1.08. The van der Waals surface area contributed by atoms with E-state index in [1.54, 1.807) is 0 Å². The third-order valence-corrected chi connectivity index (χ3v) is 12.9. The zero-order valence-electron chi connectivity index (χ0n) is 34.4. The Morgan fingerprint density at radius 1 is 0.355 bits per heavy atom. The Hall–Kier alpha value is -7.88. The molecule has 11 aromatic rings. The largest absolute Gasteiger partial charge is 0.455 e. The lowest BCUT2D eigenvalue weighted by Gasteiger charge is -2.21. The second kappa shape index (κ2) is 14.1. The van der Waals surface area contributed by atoms with Gasteiger partial charge in [0, 0.05) is 38.4 Å². The summed E-state index contributed by atoms with van der Waals surface area (Å²) < 4.78 is 6.63. The molecule has 3 heteroatoms. The molecule has 2 heterocycles. The van der Waals surface area contributed by atoms with Crippen LogP contribution in [0.15, 0.2) is 211 Å². The molecule has 12 rings (SSSR count). The Morgan fingerprint density at radius 2 is 1.00 bits per heavy atom. The number of benzene rings is 9. The van der Waals surface area contributed by atoms with Gasteiger partial charge in [0.15, 0.2) is 5.82 Å². The van der Waals surface area contributed by atoms with Crippen molar-refractivity contribution >= 4 is 32.7 Å². The van der Waals surface area contributed by atoms with Gasteiger partial charge >= 0.3 is 0 Å². The first-order valence-corrected chi connectivity index (χ1v) is 21.3. The Bertz CT molecular complexity index is 3560. The number of rotatable bonds is 6. The second-order valence-electron chi connectivity index (χ2n) is 16.9. The molecular formula is C59H40N2O. The fraction of sp³-hybridized carbons (Fsp3) is 0.0508. The van der Waals surface area contributed by atoms with E-state index < -0.39 is 0 Å². The van der Waals surface area contributed by atoms with E-state index in [-0.39, 0.29) is 5.41 Å². The smallest absolute Gasteiger partial charge is 0.160 e. The van der Waals surface area contributed by atoms with Crippen LogP contribution in [-0.2, 0) is 5.41 Å². The van der Waals surface area contributed by atoms with Gasteiger partial charge in [0.1, 0.15) is 11.2 Å². The van der Waals surface area contributed by atoms with Crippen molar-refractivity contribution in [1.29, 1.82) is 0 Å². The van der Waals surface area contributed by atoms with Crippen LogP contribution < -0.4 is 0 Å². The number of furan rings is 1. The maximum Gasteiger partial charge on any atom is 0.160 e. The maximum atomic E-state index is 6.63. The first-order valence-electron chi connectivity index (χ1n) is 21.3. The highest BCUT2D eigenvalue weighted by atomic mass is 16.3. The molecule has 3 nitrogen and oxygen atoms in total. The summed E-state index contributed by atoms with van der Waals surface area (Å²) in [4.78, 5) is 10.7. The molecule has 0 bridgehead atoms. The lowest BCUT2D eigenvalue weighted by atomic mass is 9.82. The molecule has 9 aromatic carbocycles. The molecular weight excluding hydrogens is 753 g/mol. The molecule has 2 aromatic heterocycles. The van der Waals surface area contributed by atoms with Crippen molar-refractivity contribution in [2.24, 2.45) is 0 Å². The van der Waals surface area contributed by atoms with E-state index >= 15 is 0 Å². The molecule has 0 atom stereocenters. The Labute approximate surface area is 360 Å². The van der Waals surface area contributed by atoms with Crippen molar-refractivity contribution in [1.82, 2.24) is 9.97 Å². The number of nitrogens with zero attached hydrogens (tertiary/aromatic N) is 2. The number of hydrogen-bond donors (Lipinski definition) is 0. The van der Waals surface area contributed by atoms with Crippen molar-refractivity contribution in [3.05, 3.63) is 217 Å². The van der Waals surface area contributed by atoms with Crippen LogP contribution in [0.1, 0.15) is 25.0 Å². The van der Waals surface area contributed by atoms with E-state index in [0.717, 1.165) is 83.4 Å². The average molecular weight is 793 g/mol. The van der Waals surface area contributed by atoms with Gasteiger partial charge in [-0.15, -0.1) is 0 Å². The molecule has 0 saturated heterocycles. The third kappa shape index (κ3) is 5.89. The molecule has 0 saturated carbocycles. The second-order valence-corrected chi connectivity index (χ2v) is 16.9. The minimum atomic E-state index is -0.0632. The fourth-order valence-corrected chi connectivity index (χ4v) is 9.74. The summed E-state index contributed by atoms with van der Waals surface area (Å²) in [6.45, 7) is 4.66. The van der Waals surface area contributed by atoms with Crippen LogP contribution in [0.2, 0.25) is 0 Å². The standard InChI is InChI=1S/C59H40N2O/c1-59(2)52-25-12-10-20-47(52)51-35-41(29-30-53(51)59)45-19-8-9-21-48(45)55-36-54(60-58(61-55)38-16-4-3-5-17-38)44-33-42(40-28-27-37-15-6-7-18-39(37)31-40)32-43(34-44)46-23-14-24-50-49-22-11-13-26-56(49)62-57(46)50/h3-36H,1-2H3. The van der Waals surface area contributed by atoms with Crippen molar-refractivity contribution in [2.45, 2.75) is 19.3 Å². The molecule has 1 aliphatic carbocycles. The quantitative estimate of drug-likeness (QED) is 0.168. The topological polar surface area (TPSA) is 38.9 Å². The minimum absolute atomic E-state index is 0.0632. The number of fused-ring (bicyclic) bond motifs is 7. The fourth-order valence-electron chi connectivity index (χ4n) is 9.74. The first-order chi connectivity index (χ1) is 30.5. The van der Waals surface area contributed by atoms with Gasteiger partial charge in [-0.1, -0.05) is 178 Å². The minimum Gasteiger partial charge on any atom is -0.455 e. The van der Waals surface area contributed by atoms with Crippen LogP contribution in [-0.4, -0.2) is 9.97 Å². The van der Waals surface area contributed by atoms with Gasteiger partial charge in [-0.2, -0.15) is 0 Å². The zero-order valence-corrected chi connectivity index (χ0v) is 34.4. The maximum absolute atomic E-state index is 6.63. The SMILES string of the molecule is CC1(C)c2ccccc2-c2cc(-c3ccccc3-c3cc(-c4cc(-c5ccc6ccccc6c5)cc(-c5cccc6c5oc5ccccc56)c4)nc(-c4ccccc4)n3)ccc21. The van der Waals surface area contributed by atoms with Crippen molar-refractivity contribution in [3.8, 4) is 78.4 Å². The van der Waals surface area contributed by atoms with Gasteiger partial charge in [-0.25, -0.2) is 9.97 Å². The van der Waals surface area contributed by atoms with E-state index in [1.807, 2.05) is 18.2 Å². The Kier molecular flexibility index (Phi) is 8.20. The predicted octanol–water partition coefficient (Wildman–Crippen LogP) is 15.8. The van der Waals surface area contributed by atoms with Crippen LogP contribution in [0.3, 0.4) is 0 Å². The molecule has 1 aliphatic rings. The molecule has 0 aliphatic heterocycles. The van der Waals surface area contributed by atoms with Gasteiger partial charge in [0.05, 0.1) is 11.4 Å². The highest BCUT2D eigenvalue weighted by Crippen LogP contribution is 2.50. The van der Waals surface area contributed by atoms with Gasteiger partial charge < -0.3 is 4.42 Å². The van der Waals surface area contributed by atoms with Crippen LogP contribution >= 0.6 is 0 Å². The van der Waals surface area contributed by atoms with Crippen LogP contribution in [0.4, 0.5) is 0 Å². The molecule has 0 fully saturated rings. The van der Waals surface area contributed by atoms with E-state index in [2.05, 4.69) is 202 Å². The number of para-hydroxylation sites is 2. The molecule has 0 N–H and O–H groups in total. The van der Waals surface area contributed by atoms with Crippen molar-refractivity contribution in [2.75, 3.05) is 0 Å². The van der Waals surface area contributed by atoms with Crippen LogP contribution in [0.5, 0.6) is 0 Å². The van der Waals surface area contributed by atoms with E-state index in [0.29, 0.717) is 5.82 Å². The monoisotopic (exact) mass is 792 g/mol. The molecule has 62 heavy (non-hydrogen) atoms. The van der Waals surface area contributed by atoms with Crippen molar-refractivity contribution < 1.29 is 4.42 Å². The molecule has 0 spiro atoms. The lowest BCUT2D eigenvalue weighted by Crippen LogP contribution is -2.14. The van der Waals surface area contributed by atoms with Gasteiger partial charge in [0.25, 0.3) is 0 Å². The summed E-state index contributed by atoms with van der Waals surface area (Å²) in [5.41, 5.74) is 18.3. The van der Waals surface area contributed by atoms with E-state index in [1.165, 1.54) is 33.0 Å². The molecule has 292 valence electrons. The highest BCUT2D eigenvalue weighted by molar-refractivity contribution is 6.10. The summed E-state index contributed by atoms with van der Waals surface area (Å²) in [5.74, 6) is 0.676.